The van der Waals surface area contributed by atoms with E-state index in [1.807, 2.05) is 6.92 Å². The molecular formula is C12H24N2O2. The largest absolute Gasteiger partial charge is 0.466 e. The molecule has 0 amide bonds. The molecule has 0 spiro atoms. The Balaban J connectivity index is 2.49. The molecule has 1 aliphatic rings. The molecule has 1 aliphatic heterocycles. The molecule has 0 aromatic rings. The fourth-order valence-corrected chi connectivity index (χ4v) is 2.36. The second kappa shape index (κ2) is 6.86. The van der Waals surface area contributed by atoms with Crippen molar-refractivity contribution < 1.29 is 9.53 Å². The highest BCUT2D eigenvalue weighted by atomic mass is 16.5. The predicted molar refractivity (Wildman–Crippen MR) is 64.1 cm³/mol. The highest BCUT2D eigenvalue weighted by molar-refractivity contribution is 5.72. The van der Waals surface area contributed by atoms with Crippen LogP contribution in [0.25, 0.3) is 0 Å². The lowest BCUT2D eigenvalue weighted by molar-refractivity contribution is -0.150. The third-order valence-corrected chi connectivity index (χ3v) is 3.33. The smallest absolute Gasteiger partial charge is 0.310 e. The van der Waals surface area contributed by atoms with Crippen molar-refractivity contribution in [3.8, 4) is 0 Å². The molecule has 0 saturated carbocycles. The first-order valence-electron chi connectivity index (χ1n) is 6.33. The van der Waals surface area contributed by atoms with Gasteiger partial charge < -0.3 is 10.5 Å². The first-order valence-corrected chi connectivity index (χ1v) is 6.33. The maximum Gasteiger partial charge on any atom is 0.310 e. The summed E-state index contributed by atoms with van der Waals surface area (Å²) in [7, 11) is 0. The second-order valence-electron chi connectivity index (χ2n) is 4.38. The topological polar surface area (TPSA) is 55.6 Å². The van der Waals surface area contributed by atoms with Gasteiger partial charge in [0.05, 0.1) is 12.5 Å². The van der Waals surface area contributed by atoms with Crippen molar-refractivity contribution in [3.63, 3.8) is 0 Å². The van der Waals surface area contributed by atoms with Crippen LogP contribution in [0.15, 0.2) is 0 Å². The summed E-state index contributed by atoms with van der Waals surface area (Å²) in [6.45, 7) is 7.02. The van der Waals surface area contributed by atoms with E-state index in [0.717, 1.165) is 32.4 Å². The Morgan fingerprint density at radius 2 is 2.31 bits per heavy atom. The van der Waals surface area contributed by atoms with Crippen LogP contribution in [-0.2, 0) is 9.53 Å². The fraction of sp³-hybridized carbons (Fsp3) is 0.917. The maximum atomic E-state index is 11.7. The van der Waals surface area contributed by atoms with Crippen molar-refractivity contribution in [1.29, 1.82) is 0 Å². The van der Waals surface area contributed by atoms with Crippen LogP contribution in [-0.4, -0.2) is 43.2 Å². The summed E-state index contributed by atoms with van der Waals surface area (Å²) in [5.41, 5.74) is 5.74. The molecule has 0 aromatic heterocycles. The summed E-state index contributed by atoms with van der Waals surface area (Å²) in [6.07, 6.45) is 3.07. The zero-order valence-electron chi connectivity index (χ0n) is 10.4. The molecule has 2 N–H and O–H groups in total. The summed E-state index contributed by atoms with van der Waals surface area (Å²) in [5, 5.41) is 0. The van der Waals surface area contributed by atoms with E-state index >= 15 is 0 Å². The van der Waals surface area contributed by atoms with Gasteiger partial charge in [-0.15, -0.1) is 0 Å². The molecule has 1 heterocycles. The molecular weight excluding hydrogens is 204 g/mol. The van der Waals surface area contributed by atoms with Crippen LogP contribution in [0.1, 0.15) is 33.1 Å². The lowest BCUT2D eigenvalue weighted by atomic mass is 9.96. The van der Waals surface area contributed by atoms with E-state index in [1.165, 1.54) is 0 Å². The molecule has 1 rings (SSSR count). The van der Waals surface area contributed by atoms with Crippen LogP contribution in [0.3, 0.4) is 0 Å². The quantitative estimate of drug-likeness (QED) is 0.713. The number of hydrogen-bond donors (Lipinski definition) is 1. The van der Waals surface area contributed by atoms with Crippen molar-refractivity contribution in [2.24, 2.45) is 11.7 Å². The number of nitrogens with two attached hydrogens (primary N) is 1. The van der Waals surface area contributed by atoms with Crippen LogP contribution in [0.4, 0.5) is 0 Å². The van der Waals surface area contributed by atoms with Gasteiger partial charge in [-0.2, -0.15) is 0 Å². The Morgan fingerprint density at radius 3 is 2.88 bits per heavy atom. The first kappa shape index (κ1) is 13.5. The number of ether oxygens (including phenoxy) is 1. The molecule has 2 unspecified atom stereocenters. The molecule has 4 nitrogen and oxygen atoms in total. The Labute approximate surface area is 98.1 Å². The lowest BCUT2D eigenvalue weighted by Crippen LogP contribution is -2.47. The van der Waals surface area contributed by atoms with E-state index in [-0.39, 0.29) is 11.9 Å². The number of rotatable bonds is 5. The molecule has 0 aliphatic carbocycles. The van der Waals surface area contributed by atoms with E-state index in [9.17, 15) is 4.79 Å². The van der Waals surface area contributed by atoms with Gasteiger partial charge in [0.2, 0.25) is 0 Å². The van der Waals surface area contributed by atoms with Gasteiger partial charge in [0.15, 0.2) is 0 Å². The van der Waals surface area contributed by atoms with Gasteiger partial charge in [0.1, 0.15) is 0 Å². The molecule has 16 heavy (non-hydrogen) atoms. The average molecular weight is 228 g/mol. The maximum absolute atomic E-state index is 11.7. The van der Waals surface area contributed by atoms with Gasteiger partial charge in [-0.1, -0.05) is 6.92 Å². The summed E-state index contributed by atoms with van der Waals surface area (Å²) in [6, 6.07) is 0.414. The summed E-state index contributed by atoms with van der Waals surface area (Å²) < 4.78 is 5.08. The van der Waals surface area contributed by atoms with Gasteiger partial charge in [0.25, 0.3) is 0 Å². The van der Waals surface area contributed by atoms with E-state index in [0.29, 0.717) is 19.2 Å². The van der Waals surface area contributed by atoms with Crippen molar-refractivity contribution in [1.82, 2.24) is 4.90 Å². The summed E-state index contributed by atoms with van der Waals surface area (Å²) in [4.78, 5) is 14.0. The minimum Gasteiger partial charge on any atom is -0.466 e. The summed E-state index contributed by atoms with van der Waals surface area (Å²) in [5.74, 6) is 0.00775. The highest BCUT2D eigenvalue weighted by Gasteiger charge is 2.29. The monoisotopic (exact) mass is 228 g/mol. The van der Waals surface area contributed by atoms with E-state index in [1.54, 1.807) is 0 Å². The van der Waals surface area contributed by atoms with Crippen LogP contribution in [0.5, 0.6) is 0 Å². The fourth-order valence-electron chi connectivity index (χ4n) is 2.36. The van der Waals surface area contributed by atoms with Gasteiger partial charge in [-0.3, -0.25) is 9.69 Å². The van der Waals surface area contributed by atoms with Crippen molar-refractivity contribution >= 4 is 5.97 Å². The minimum atomic E-state index is -0.0425. The van der Waals surface area contributed by atoms with Crippen LogP contribution >= 0.6 is 0 Å². The van der Waals surface area contributed by atoms with Crippen molar-refractivity contribution in [3.05, 3.63) is 0 Å². The number of hydrogen-bond acceptors (Lipinski definition) is 4. The standard InChI is InChI=1S/C12H24N2O2/c1-3-11(8-13)14-7-5-6-10(9-14)12(15)16-4-2/h10-11H,3-9,13H2,1-2H3. The summed E-state index contributed by atoms with van der Waals surface area (Å²) >= 11 is 0. The predicted octanol–water partition coefficient (Wildman–Crippen LogP) is 0.999. The third-order valence-electron chi connectivity index (χ3n) is 3.33. The molecule has 1 fully saturated rings. The molecule has 4 heteroatoms. The number of carbonyl (C=O) groups excluding carboxylic acids is 1. The van der Waals surface area contributed by atoms with Crippen LogP contribution in [0, 0.1) is 5.92 Å². The SMILES string of the molecule is CCOC(=O)C1CCCN(C(CC)CN)C1. The number of esters is 1. The Hall–Kier alpha value is -0.610. The number of carbonyl (C=O) groups is 1. The van der Waals surface area contributed by atoms with Crippen LogP contribution < -0.4 is 5.73 Å². The van der Waals surface area contributed by atoms with E-state index in [2.05, 4.69) is 11.8 Å². The average Bonchev–Trinajstić information content (AvgIpc) is 2.31. The van der Waals surface area contributed by atoms with Crippen LogP contribution in [0.2, 0.25) is 0 Å². The minimum absolute atomic E-state index is 0.0425. The Kier molecular flexibility index (Phi) is 5.77. The molecule has 0 bridgehead atoms. The highest BCUT2D eigenvalue weighted by Crippen LogP contribution is 2.20. The van der Waals surface area contributed by atoms with Gasteiger partial charge in [0, 0.05) is 19.1 Å². The molecule has 0 aromatic carbocycles. The van der Waals surface area contributed by atoms with Crippen molar-refractivity contribution in [2.45, 2.75) is 39.2 Å². The van der Waals surface area contributed by atoms with E-state index < -0.39 is 0 Å². The molecule has 1 saturated heterocycles. The molecule has 0 radical (unpaired) electrons. The van der Waals surface area contributed by atoms with E-state index in [4.69, 9.17) is 10.5 Å². The third kappa shape index (κ3) is 3.46. The lowest BCUT2D eigenvalue weighted by Gasteiger charge is -2.36. The van der Waals surface area contributed by atoms with Gasteiger partial charge in [-0.05, 0) is 32.7 Å². The zero-order chi connectivity index (χ0) is 12.0. The van der Waals surface area contributed by atoms with Gasteiger partial charge in [-0.25, -0.2) is 0 Å². The van der Waals surface area contributed by atoms with Crippen molar-refractivity contribution in [2.75, 3.05) is 26.2 Å². The molecule has 94 valence electrons. The normalized spacial score (nSPS) is 24.1. The molecule has 2 atom stereocenters. The zero-order valence-corrected chi connectivity index (χ0v) is 10.4. The number of nitrogens with zero attached hydrogens (tertiary/aromatic N) is 1. The second-order valence-corrected chi connectivity index (χ2v) is 4.38. The first-order chi connectivity index (χ1) is 7.72. The van der Waals surface area contributed by atoms with Gasteiger partial charge >= 0.3 is 5.97 Å². The number of likely N-dealkylation sites (tertiary alicyclic amines) is 1. The Bertz CT molecular complexity index is 217. The Morgan fingerprint density at radius 1 is 1.56 bits per heavy atom. The number of piperidine rings is 1.